The molecule has 0 spiro atoms. The topological polar surface area (TPSA) is 34.1 Å². The second kappa shape index (κ2) is 5.06. The van der Waals surface area contributed by atoms with Crippen LogP contribution in [0.2, 0.25) is 0 Å². The van der Waals surface area contributed by atoms with Crippen molar-refractivity contribution in [2.24, 2.45) is 0 Å². The highest BCUT2D eigenvalue weighted by Crippen LogP contribution is 2.16. The van der Waals surface area contributed by atoms with Gasteiger partial charge in [0.2, 0.25) is 4.69 Å². The van der Waals surface area contributed by atoms with Crippen LogP contribution in [0.25, 0.3) is 0 Å². The zero-order chi connectivity index (χ0) is 12.3. The van der Waals surface area contributed by atoms with Crippen LogP contribution < -0.4 is 0 Å². The van der Waals surface area contributed by atoms with E-state index in [0.29, 0.717) is 16.7 Å². The van der Waals surface area contributed by atoms with Crippen LogP contribution in [0.15, 0.2) is 54.6 Å². The molecule has 0 aromatic heterocycles. The molecule has 0 atom stereocenters. The SMILES string of the molecule is O=C(Br)c1ccccc1C(=O)c1ccccc1. The first-order chi connectivity index (χ1) is 8.20. The third-order valence-corrected chi connectivity index (χ3v) is 2.85. The summed E-state index contributed by atoms with van der Waals surface area (Å²) < 4.78 is -0.280. The van der Waals surface area contributed by atoms with Gasteiger partial charge in [0.25, 0.3) is 0 Å². The van der Waals surface area contributed by atoms with Crippen LogP contribution in [0.4, 0.5) is 0 Å². The fourth-order valence-electron chi connectivity index (χ4n) is 1.60. The van der Waals surface area contributed by atoms with Crippen molar-refractivity contribution in [3.8, 4) is 0 Å². The molecule has 0 aliphatic heterocycles. The molecule has 0 unspecified atom stereocenters. The largest absolute Gasteiger partial charge is 0.289 e. The molecule has 84 valence electrons. The van der Waals surface area contributed by atoms with Gasteiger partial charge in [-0.15, -0.1) is 0 Å². The van der Waals surface area contributed by atoms with Gasteiger partial charge in [0.1, 0.15) is 0 Å². The van der Waals surface area contributed by atoms with E-state index in [0.717, 1.165) is 0 Å². The predicted molar refractivity (Wildman–Crippen MR) is 69.6 cm³/mol. The minimum absolute atomic E-state index is 0.144. The van der Waals surface area contributed by atoms with Crippen LogP contribution in [0.5, 0.6) is 0 Å². The number of hydrogen-bond donors (Lipinski definition) is 0. The predicted octanol–water partition coefficient (Wildman–Crippen LogP) is 3.45. The summed E-state index contributed by atoms with van der Waals surface area (Å²) >= 11 is 2.88. The summed E-state index contributed by atoms with van der Waals surface area (Å²) in [6.07, 6.45) is 0. The Labute approximate surface area is 107 Å². The number of benzene rings is 2. The van der Waals surface area contributed by atoms with E-state index >= 15 is 0 Å². The van der Waals surface area contributed by atoms with Gasteiger partial charge in [-0.2, -0.15) is 0 Å². The van der Waals surface area contributed by atoms with Gasteiger partial charge in [0.15, 0.2) is 5.78 Å². The van der Waals surface area contributed by atoms with Crippen LogP contribution in [0.3, 0.4) is 0 Å². The molecule has 0 N–H and O–H groups in total. The van der Waals surface area contributed by atoms with E-state index in [1.54, 1.807) is 48.5 Å². The standard InChI is InChI=1S/C14H9BrO2/c15-14(17)12-9-5-4-8-11(12)13(16)10-6-2-1-3-7-10/h1-9H. The van der Waals surface area contributed by atoms with Crippen molar-refractivity contribution in [2.45, 2.75) is 0 Å². The summed E-state index contributed by atoms with van der Waals surface area (Å²) in [5.74, 6) is -0.144. The lowest BCUT2D eigenvalue weighted by atomic mass is 9.99. The molecule has 0 saturated carbocycles. The summed E-state index contributed by atoms with van der Waals surface area (Å²) in [7, 11) is 0. The Kier molecular flexibility index (Phi) is 3.49. The first-order valence-electron chi connectivity index (χ1n) is 5.09. The smallest absolute Gasteiger partial charge is 0.228 e. The van der Waals surface area contributed by atoms with Gasteiger partial charge >= 0.3 is 0 Å². The second-order valence-electron chi connectivity index (χ2n) is 3.51. The summed E-state index contributed by atoms with van der Waals surface area (Å²) in [5.41, 5.74) is 1.38. The minimum Gasteiger partial charge on any atom is -0.289 e. The Morgan fingerprint density at radius 3 is 1.88 bits per heavy atom. The second-order valence-corrected chi connectivity index (χ2v) is 4.23. The van der Waals surface area contributed by atoms with Crippen molar-refractivity contribution in [1.82, 2.24) is 0 Å². The Morgan fingerprint density at radius 1 is 0.765 bits per heavy atom. The molecule has 2 nitrogen and oxygen atoms in total. The first-order valence-corrected chi connectivity index (χ1v) is 5.88. The average Bonchev–Trinajstić information content (AvgIpc) is 2.39. The Morgan fingerprint density at radius 2 is 1.29 bits per heavy atom. The van der Waals surface area contributed by atoms with E-state index in [9.17, 15) is 9.59 Å². The normalized spacial score (nSPS) is 9.94. The van der Waals surface area contributed by atoms with E-state index < -0.39 is 0 Å². The number of carbonyl (C=O) groups is 2. The number of halogens is 1. The van der Waals surface area contributed by atoms with Crippen LogP contribution in [-0.2, 0) is 0 Å². The van der Waals surface area contributed by atoms with Gasteiger partial charge in [-0.3, -0.25) is 9.59 Å². The van der Waals surface area contributed by atoms with Crippen molar-refractivity contribution in [1.29, 1.82) is 0 Å². The molecular weight excluding hydrogens is 280 g/mol. The zero-order valence-corrected chi connectivity index (χ0v) is 10.5. The summed E-state index contributed by atoms with van der Waals surface area (Å²) in [6, 6.07) is 15.7. The lowest BCUT2D eigenvalue weighted by molar-refractivity contribution is 0.102. The quantitative estimate of drug-likeness (QED) is 0.640. The first kappa shape index (κ1) is 11.7. The van der Waals surface area contributed by atoms with E-state index in [-0.39, 0.29) is 10.5 Å². The lowest BCUT2D eigenvalue weighted by Gasteiger charge is -2.04. The number of rotatable bonds is 3. The summed E-state index contributed by atoms with van der Waals surface area (Å²) in [4.78, 5) is 23.6. The molecule has 17 heavy (non-hydrogen) atoms. The third-order valence-electron chi connectivity index (χ3n) is 2.42. The van der Waals surface area contributed by atoms with Crippen LogP contribution in [0, 0.1) is 0 Å². The molecule has 0 aliphatic carbocycles. The lowest BCUT2D eigenvalue weighted by Crippen LogP contribution is -2.06. The molecule has 3 heteroatoms. The third kappa shape index (κ3) is 2.50. The van der Waals surface area contributed by atoms with Gasteiger partial charge in [0, 0.05) is 16.7 Å². The van der Waals surface area contributed by atoms with Crippen molar-refractivity contribution < 1.29 is 9.59 Å². The Hall–Kier alpha value is -1.74. The van der Waals surface area contributed by atoms with E-state index in [4.69, 9.17) is 0 Å². The molecule has 2 aromatic rings. The van der Waals surface area contributed by atoms with Crippen LogP contribution in [-0.4, -0.2) is 10.5 Å². The molecule has 2 rings (SSSR count). The molecule has 0 bridgehead atoms. The maximum Gasteiger partial charge on any atom is 0.228 e. The van der Waals surface area contributed by atoms with E-state index in [1.807, 2.05) is 6.07 Å². The summed E-state index contributed by atoms with van der Waals surface area (Å²) in [6.45, 7) is 0. The van der Waals surface area contributed by atoms with E-state index in [2.05, 4.69) is 15.9 Å². The Balaban J connectivity index is 2.48. The van der Waals surface area contributed by atoms with Crippen LogP contribution >= 0.6 is 15.9 Å². The van der Waals surface area contributed by atoms with Gasteiger partial charge in [-0.05, 0) is 22.0 Å². The molecular formula is C14H9BrO2. The highest BCUT2D eigenvalue weighted by atomic mass is 79.9. The van der Waals surface area contributed by atoms with Crippen molar-refractivity contribution in [3.63, 3.8) is 0 Å². The maximum absolute atomic E-state index is 12.2. The average molecular weight is 289 g/mol. The van der Waals surface area contributed by atoms with Gasteiger partial charge in [-0.25, -0.2) is 0 Å². The van der Waals surface area contributed by atoms with Gasteiger partial charge in [0.05, 0.1) is 0 Å². The van der Waals surface area contributed by atoms with Gasteiger partial charge < -0.3 is 0 Å². The minimum atomic E-state index is -0.280. The zero-order valence-electron chi connectivity index (χ0n) is 8.89. The Bertz CT molecular complexity index is 561. The monoisotopic (exact) mass is 288 g/mol. The molecule has 2 aromatic carbocycles. The molecule has 0 heterocycles. The highest BCUT2D eigenvalue weighted by Gasteiger charge is 2.15. The molecule has 0 aliphatic rings. The van der Waals surface area contributed by atoms with Crippen molar-refractivity contribution in [2.75, 3.05) is 0 Å². The number of hydrogen-bond acceptors (Lipinski definition) is 2. The summed E-state index contributed by atoms with van der Waals surface area (Å²) in [5, 5.41) is 0. The fourth-order valence-corrected chi connectivity index (χ4v) is 1.94. The maximum atomic E-state index is 12.2. The molecule has 0 saturated heterocycles. The molecule has 0 amide bonds. The molecule has 0 fully saturated rings. The highest BCUT2D eigenvalue weighted by molar-refractivity contribution is 9.18. The fraction of sp³-hybridized carbons (Fsp3) is 0. The number of ketones is 1. The van der Waals surface area contributed by atoms with Crippen molar-refractivity contribution >= 4 is 26.4 Å². The van der Waals surface area contributed by atoms with Crippen LogP contribution in [0.1, 0.15) is 26.3 Å². The number of carbonyl (C=O) groups excluding carboxylic acids is 2. The van der Waals surface area contributed by atoms with Crippen molar-refractivity contribution in [3.05, 3.63) is 71.3 Å². The molecule has 0 radical (unpaired) electrons. The van der Waals surface area contributed by atoms with E-state index in [1.165, 1.54) is 0 Å². The van der Waals surface area contributed by atoms with Gasteiger partial charge in [-0.1, -0.05) is 48.5 Å².